The molecule has 0 radical (unpaired) electrons. The van der Waals surface area contributed by atoms with Gasteiger partial charge in [0.25, 0.3) is 0 Å². The van der Waals surface area contributed by atoms with Gasteiger partial charge in [0.05, 0.1) is 7.11 Å². The normalized spacial score (nSPS) is 16.8. The highest BCUT2D eigenvalue weighted by Gasteiger charge is 2.21. The van der Waals surface area contributed by atoms with E-state index in [2.05, 4.69) is 9.97 Å². The van der Waals surface area contributed by atoms with Crippen LogP contribution in [0.2, 0.25) is 0 Å². The summed E-state index contributed by atoms with van der Waals surface area (Å²) >= 11 is 0. The SMILES string of the molecule is COc1nc(C2CCCCC2)ncc1C(=O)O. The first-order chi connectivity index (χ1) is 8.22. The Bertz CT molecular complexity index is 414. The van der Waals surface area contributed by atoms with Gasteiger partial charge in [0.2, 0.25) is 5.88 Å². The molecule has 5 heteroatoms. The van der Waals surface area contributed by atoms with E-state index in [-0.39, 0.29) is 11.4 Å². The van der Waals surface area contributed by atoms with Gasteiger partial charge in [0.1, 0.15) is 11.4 Å². The summed E-state index contributed by atoms with van der Waals surface area (Å²) in [6.45, 7) is 0. The zero-order valence-corrected chi connectivity index (χ0v) is 9.85. The fourth-order valence-electron chi connectivity index (χ4n) is 2.24. The first-order valence-corrected chi connectivity index (χ1v) is 5.86. The van der Waals surface area contributed by atoms with Crippen molar-refractivity contribution in [3.05, 3.63) is 17.6 Å². The lowest BCUT2D eigenvalue weighted by Gasteiger charge is -2.20. The zero-order valence-electron chi connectivity index (χ0n) is 9.85. The summed E-state index contributed by atoms with van der Waals surface area (Å²) in [6.07, 6.45) is 7.15. The molecule has 0 amide bonds. The van der Waals surface area contributed by atoms with Gasteiger partial charge in [-0.2, -0.15) is 4.98 Å². The van der Waals surface area contributed by atoms with Gasteiger partial charge in [0.15, 0.2) is 0 Å². The van der Waals surface area contributed by atoms with Crippen molar-refractivity contribution >= 4 is 5.97 Å². The number of carboxylic acids is 1. The van der Waals surface area contributed by atoms with Gasteiger partial charge < -0.3 is 9.84 Å². The lowest BCUT2D eigenvalue weighted by molar-refractivity contribution is 0.0691. The molecule has 1 aromatic heterocycles. The molecule has 1 N–H and O–H groups in total. The van der Waals surface area contributed by atoms with Crippen molar-refractivity contribution in [2.45, 2.75) is 38.0 Å². The Morgan fingerprint density at radius 2 is 2.12 bits per heavy atom. The maximum absolute atomic E-state index is 10.9. The fourth-order valence-corrected chi connectivity index (χ4v) is 2.24. The lowest BCUT2D eigenvalue weighted by atomic mass is 9.89. The number of aromatic nitrogens is 2. The summed E-state index contributed by atoms with van der Waals surface area (Å²) in [4.78, 5) is 19.3. The molecule has 0 spiro atoms. The first-order valence-electron chi connectivity index (χ1n) is 5.86. The van der Waals surface area contributed by atoms with E-state index in [0.717, 1.165) is 12.8 Å². The number of carbonyl (C=O) groups is 1. The standard InChI is InChI=1S/C12H16N2O3/c1-17-11-9(12(15)16)7-13-10(14-11)8-5-3-2-4-6-8/h7-8H,2-6H2,1H3,(H,15,16). The molecule has 0 unspecified atom stereocenters. The average molecular weight is 236 g/mol. The van der Waals surface area contributed by atoms with Gasteiger partial charge in [-0.05, 0) is 12.8 Å². The van der Waals surface area contributed by atoms with Crippen LogP contribution < -0.4 is 4.74 Å². The van der Waals surface area contributed by atoms with Crippen molar-refractivity contribution in [2.75, 3.05) is 7.11 Å². The Morgan fingerprint density at radius 1 is 1.41 bits per heavy atom. The van der Waals surface area contributed by atoms with E-state index in [1.165, 1.54) is 32.6 Å². The fraction of sp³-hybridized carbons (Fsp3) is 0.583. The molecule has 0 bridgehead atoms. The molecule has 1 fully saturated rings. The number of nitrogens with zero attached hydrogens (tertiary/aromatic N) is 2. The number of methoxy groups -OCH3 is 1. The summed E-state index contributed by atoms with van der Waals surface area (Å²) in [5.74, 6) is 0.164. The number of hydrogen-bond donors (Lipinski definition) is 1. The molecule has 1 aliphatic carbocycles. The molecule has 1 aliphatic rings. The van der Waals surface area contributed by atoms with Crippen LogP contribution in [0, 0.1) is 0 Å². The smallest absolute Gasteiger partial charge is 0.342 e. The van der Waals surface area contributed by atoms with Gasteiger partial charge in [-0.25, -0.2) is 9.78 Å². The number of rotatable bonds is 3. The topological polar surface area (TPSA) is 72.3 Å². The molecular weight excluding hydrogens is 220 g/mol. The Labute approximate surface area is 99.9 Å². The van der Waals surface area contributed by atoms with Crippen molar-refractivity contribution in [3.63, 3.8) is 0 Å². The Morgan fingerprint density at radius 3 is 2.71 bits per heavy atom. The Kier molecular flexibility index (Phi) is 3.56. The van der Waals surface area contributed by atoms with E-state index in [9.17, 15) is 4.79 Å². The van der Waals surface area contributed by atoms with Crippen LogP contribution in [0.4, 0.5) is 0 Å². The molecule has 1 heterocycles. The third kappa shape index (κ3) is 2.54. The van der Waals surface area contributed by atoms with Crippen molar-refractivity contribution < 1.29 is 14.6 Å². The molecular formula is C12H16N2O3. The highest BCUT2D eigenvalue weighted by molar-refractivity contribution is 5.89. The summed E-state index contributed by atoms with van der Waals surface area (Å²) < 4.78 is 5.01. The van der Waals surface area contributed by atoms with Crippen LogP contribution in [0.25, 0.3) is 0 Å². The third-order valence-electron chi connectivity index (χ3n) is 3.17. The molecule has 0 aromatic carbocycles. The summed E-state index contributed by atoms with van der Waals surface area (Å²) in [6, 6.07) is 0. The number of aromatic carboxylic acids is 1. The monoisotopic (exact) mass is 236 g/mol. The van der Waals surface area contributed by atoms with E-state index >= 15 is 0 Å². The van der Waals surface area contributed by atoms with Crippen LogP contribution in [-0.2, 0) is 0 Å². The Balaban J connectivity index is 2.27. The Hall–Kier alpha value is -1.65. The second kappa shape index (κ2) is 5.12. The van der Waals surface area contributed by atoms with Crippen LogP contribution in [0.15, 0.2) is 6.20 Å². The number of carboxylic acid groups (broad SMARTS) is 1. The maximum atomic E-state index is 10.9. The molecule has 1 saturated carbocycles. The van der Waals surface area contributed by atoms with E-state index < -0.39 is 5.97 Å². The van der Waals surface area contributed by atoms with E-state index in [0.29, 0.717) is 11.7 Å². The molecule has 1 aromatic rings. The van der Waals surface area contributed by atoms with E-state index in [1.54, 1.807) is 0 Å². The van der Waals surface area contributed by atoms with Gasteiger partial charge >= 0.3 is 5.97 Å². The third-order valence-corrected chi connectivity index (χ3v) is 3.17. The highest BCUT2D eigenvalue weighted by atomic mass is 16.5. The van der Waals surface area contributed by atoms with Crippen LogP contribution in [0.5, 0.6) is 5.88 Å². The molecule has 2 rings (SSSR count). The van der Waals surface area contributed by atoms with Crippen LogP contribution in [0.1, 0.15) is 54.2 Å². The second-order valence-electron chi connectivity index (χ2n) is 4.29. The summed E-state index contributed by atoms with van der Waals surface area (Å²) in [5, 5.41) is 8.94. The molecule has 0 saturated heterocycles. The van der Waals surface area contributed by atoms with Gasteiger partial charge in [-0.3, -0.25) is 0 Å². The molecule has 0 aliphatic heterocycles. The van der Waals surface area contributed by atoms with Crippen molar-refractivity contribution in [2.24, 2.45) is 0 Å². The minimum Gasteiger partial charge on any atom is -0.480 e. The predicted molar refractivity (Wildman–Crippen MR) is 61.4 cm³/mol. The largest absolute Gasteiger partial charge is 0.480 e. The quantitative estimate of drug-likeness (QED) is 0.871. The van der Waals surface area contributed by atoms with Crippen molar-refractivity contribution in [1.29, 1.82) is 0 Å². The molecule has 92 valence electrons. The van der Waals surface area contributed by atoms with Crippen LogP contribution in [0.3, 0.4) is 0 Å². The molecule has 0 atom stereocenters. The van der Waals surface area contributed by atoms with E-state index in [1.807, 2.05) is 0 Å². The van der Waals surface area contributed by atoms with E-state index in [4.69, 9.17) is 9.84 Å². The predicted octanol–water partition coefficient (Wildman–Crippen LogP) is 2.23. The summed E-state index contributed by atoms with van der Waals surface area (Å²) in [5.41, 5.74) is 0.0204. The lowest BCUT2D eigenvalue weighted by Crippen LogP contribution is -2.12. The average Bonchev–Trinajstić information content (AvgIpc) is 2.39. The maximum Gasteiger partial charge on any atom is 0.342 e. The van der Waals surface area contributed by atoms with Gasteiger partial charge in [0, 0.05) is 12.1 Å². The van der Waals surface area contributed by atoms with Crippen molar-refractivity contribution in [1.82, 2.24) is 9.97 Å². The highest BCUT2D eigenvalue weighted by Crippen LogP contribution is 2.31. The minimum absolute atomic E-state index is 0.0204. The van der Waals surface area contributed by atoms with Crippen molar-refractivity contribution in [3.8, 4) is 5.88 Å². The zero-order chi connectivity index (χ0) is 12.3. The second-order valence-corrected chi connectivity index (χ2v) is 4.29. The minimum atomic E-state index is -1.06. The number of ether oxygens (including phenoxy) is 1. The molecule has 5 nitrogen and oxygen atoms in total. The van der Waals surface area contributed by atoms with Crippen LogP contribution in [-0.4, -0.2) is 28.2 Å². The number of hydrogen-bond acceptors (Lipinski definition) is 4. The summed E-state index contributed by atoms with van der Waals surface area (Å²) in [7, 11) is 1.43. The van der Waals surface area contributed by atoms with Gasteiger partial charge in [-0.15, -0.1) is 0 Å². The molecule has 17 heavy (non-hydrogen) atoms. The van der Waals surface area contributed by atoms with Crippen LogP contribution >= 0.6 is 0 Å². The van der Waals surface area contributed by atoms with Gasteiger partial charge in [-0.1, -0.05) is 19.3 Å². The first kappa shape index (κ1) is 11.8.